The summed E-state index contributed by atoms with van der Waals surface area (Å²) in [6, 6.07) is 4.69. The Labute approximate surface area is 121 Å². The van der Waals surface area contributed by atoms with Crippen LogP contribution in [0.3, 0.4) is 0 Å². The molecule has 6 heteroatoms. The van der Waals surface area contributed by atoms with Crippen molar-refractivity contribution in [2.24, 2.45) is 0 Å². The van der Waals surface area contributed by atoms with E-state index >= 15 is 0 Å². The van der Waals surface area contributed by atoms with Crippen molar-refractivity contribution >= 4 is 16.9 Å². The molecular weight excluding hydrogens is 276 g/mol. The van der Waals surface area contributed by atoms with Gasteiger partial charge in [-0.25, -0.2) is 4.79 Å². The lowest BCUT2D eigenvalue weighted by molar-refractivity contribution is -0.141. The highest BCUT2D eigenvalue weighted by atomic mass is 16.5. The van der Waals surface area contributed by atoms with Crippen LogP contribution in [0.1, 0.15) is 18.4 Å². The Morgan fingerprint density at radius 2 is 1.90 bits per heavy atom. The molecule has 2 aromatic rings. The molecule has 1 aromatic carbocycles. The number of rotatable bonds is 4. The van der Waals surface area contributed by atoms with Gasteiger partial charge in [-0.3, -0.25) is 4.79 Å². The number of methoxy groups -OCH3 is 3. The van der Waals surface area contributed by atoms with Crippen LogP contribution in [-0.4, -0.2) is 27.3 Å². The van der Waals surface area contributed by atoms with Gasteiger partial charge in [-0.05, 0) is 24.6 Å². The summed E-state index contributed by atoms with van der Waals surface area (Å²) in [5.74, 6) is -0.279. The van der Waals surface area contributed by atoms with Crippen LogP contribution in [0.2, 0.25) is 0 Å². The van der Waals surface area contributed by atoms with Crippen LogP contribution in [0.15, 0.2) is 27.4 Å². The molecule has 21 heavy (non-hydrogen) atoms. The molecule has 1 aromatic heterocycles. The van der Waals surface area contributed by atoms with Crippen LogP contribution in [-0.2, 0) is 9.53 Å². The molecule has 0 fully saturated rings. The van der Waals surface area contributed by atoms with E-state index in [4.69, 9.17) is 18.6 Å². The molecule has 0 saturated heterocycles. The molecule has 0 radical (unpaired) electrons. The zero-order chi connectivity index (χ0) is 15.6. The van der Waals surface area contributed by atoms with E-state index in [1.54, 1.807) is 19.1 Å². The normalized spacial score (nSPS) is 12.0. The molecule has 112 valence electrons. The summed E-state index contributed by atoms with van der Waals surface area (Å²) < 4.78 is 20.4. The minimum absolute atomic E-state index is 0.245. The number of carbonyl (C=O) groups is 1. The van der Waals surface area contributed by atoms with Gasteiger partial charge in [0.25, 0.3) is 0 Å². The third kappa shape index (κ3) is 2.56. The Morgan fingerprint density at radius 3 is 2.48 bits per heavy atom. The van der Waals surface area contributed by atoms with E-state index in [1.165, 1.54) is 27.4 Å². The summed E-state index contributed by atoms with van der Waals surface area (Å²) >= 11 is 0. The smallest absolute Gasteiger partial charge is 0.336 e. The average Bonchev–Trinajstić information content (AvgIpc) is 2.51. The van der Waals surface area contributed by atoms with Crippen molar-refractivity contribution in [1.29, 1.82) is 0 Å². The highest BCUT2D eigenvalue weighted by Gasteiger charge is 2.22. The molecule has 0 N–H and O–H groups in total. The lowest BCUT2D eigenvalue weighted by Gasteiger charge is -2.14. The Balaban J connectivity index is 2.79. The first-order chi connectivity index (χ1) is 10.0. The van der Waals surface area contributed by atoms with E-state index in [1.807, 2.05) is 0 Å². The van der Waals surface area contributed by atoms with Crippen LogP contribution < -0.4 is 15.1 Å². The van der Waals surface area contributed by atoms with Crippen LogP contribution in [0, 0.1) is 0 Å². The van der Waals surface area contributed by atoms with Crippen molar-refractivity contribution in [2.75, 3.05) is 21.3 Å². The number of ether oxygens (including phenoxy) is 3. The van der Waals surface area contributed by atoms with Crippen LogP contribution in [0.5, 0.6) is 11.5 Å². The van der Waals surface area contributed by atoms with Crippen LogP contribution >= 0.6 is 0 Å². The number of esters is 1. The zero-order valence-electron chi connectivity index (χ0n) is 12.3. The maximum Gasteiger partial charge on any atom is 0.336 e. The number of hydrogen-bond acceptors (Lipinski definition) is 6. The van der Waals surface area contributed by atoms with Gasteiger partial charge in [0.2, 0.25) is 5.75 Å². The molecular formula is C15H16O6. The van der Waals surface area contributed by atoms with E-state index in [9.17, 15) is 9.59 Å². The summed E-state index contributed by atoms with van der Waals surface area (Å²) in [6.07, 6.45) is 0. The molecule has 0 unspecified atom stereocenters. The first kappa shape index (κ1) is 14.9. The van der Waals surface area contributed by atoms with Gasteiger partial charge in [-0.15, -0.1) is 0 Å². The monoisotopic (exact) mass is 292 g/mol. The van der Waals surface area contributed by atoms with Gasteiger partial charge in [0, 0.05) is 11.5 Å². The molecule has 0 saturated carbocycles. The molecule has 0 amide bonds. The van der Waals surface area contributed by atoms with Crippen molar-refractivity contribution < 1.29 is 23.4 Å². The standard InChI is InChI=1S/C15H16O6/c1-8(15(17)20-4)10-7-12(16)21-13-9(10)5-6-11(18-2)14(13)19-3/h5-8H,1-4H3/t8-/m0/s1. The van der Waals surface area contributed by atoms with Crippen LogP contribution in [0.25, 0.3) is 11.0 Å². The lowest BCUT2D eigenvalue weighted by Crippen LogP contribution is -2.14. The Hall–Kier alpha value is -2.50. The molecule has 0 spiro atoms. The topological polar surface area (TPSA) is 75.0 Å². The number of fused-ring (bicyclic) bond motifs is 1. The minimum Gasteiger partial charge on any atom is -0.493 e. The Bertz CT molecular complexity index is 731. The maximum atomic E-state index is 11.8. The van der Waals surface area contributed by atoms with Gasteiger partial charge >= 0.3 is 11.6 Å². The number of carbonyl (C=O) groups excluding carboxylic acids is 1. The van der Waals surface area contributed by atoms with E-state index in [-0.39, 0.29) is 5.58 Å². The van der Waals surface area contributed by atoms with Crippen LogP contribution in [0.4, 0.5) is 0 Å². The minimum atomic E-state index is -0.597. The summed E-state index contributed by atoms with van der Waals surface area (Å²) in [7, 11) is 4.24. The number of hydrogen-bond donors (Lipinski definition) is 0. The van der Waals surface area contributed by atoms with Crippen molar-refractivity contribution in [1.82, 2.24) is 0 Å². The quantitative estimate of drug-likeness (QED) is 0.634. The molecule has 1 atom stereocenters. The van der Waals surface area contributed by atoms with E-state index in [2.05, 4.69) is 0 Å². The molecule has 1 heterocycles. The summed E-state index contributed by atoms with van der Waals surface area (Å²) in [5.41, 5.74) is 0.198. The third-order valence-corrected chi connectivity index (χ3v) is 3.31. The predicted molar refractivity (Wildman–Crippen MR) is 76.0 cm³/mol. The maximum absolute atomic E-state index is 11.8. The third-order valence-electron chi connectivity index (χ3n) is 3.31. The van der Waals surface area contributed by atoms with E-state index in [0.29, 0.717) is 22.4 Å². The highest BCUT2D eigenvalue weighted by molar-refractivity contribution is 5.92. The molecule has 0 aliphatic carbocycles. The molecule has 2 rings (SSSR count). The molecule has 0 aliphatic rings. The second-order valence-corrected chi connectivity index (χ2v) is 4.44. The largest absolute Gasteiger partial charge is 0.493 e. The Kier molecular flexibility index (Phi) is 4.16. The van der Waals surface area contributed by atoms with Gasteiger partial charge in [0.15, 0.2) is 11.3 Å². The summed E-state index contributed by atoms with van der Waals surface area (Å²) in [6.45, 7) is 1.66. The SMILES string of the molecule is COC(=O)[C@@H](C)c1cc(=O)oc2c(OC)c(OC)ccc12. The molecule has 0 bridgehead atoms. The fraction of sp³-hybridized carbons (Fsp3) is 0.333. The highest BCUT2D eigenvalue weighted by Crippen LogP contribution is 2.37. The lowest BCUT2D eigenvalue weighted by atomic mass is 9.97. The molecule has 0 aliphatic heterocycles. The summed E-state index contributed by atoms with van der Waals surface area (Å²) in [5, 5.41) is 0.602. The van der Waals surface area contributed by atoms with Crippen molar-refractivity contribution in [2.45, 2.75) is 12.8 Å². The second kappa shape index (κ2) is 5.87. The first-order valence-corrected chi connectivity index (χ1v) is 6.30. The Morgan fingerprint density at radius 1 is 1.19 bits per heavy atom. The fourth-order valence-electron chi connectivity index (χ4n) is 2.22. The van der Waals surface area contributed by atoms with Crippen molar-refractivity contribution in [3.8, 4) is 11.5 Å². The van der Waals surface area contributed by atoms with Gasteiger partial charge in [-0.1, -0.05) is 0 Å². The zero-order valence-corrected chi connectivity index (χ0v) is 12.3. The van der Waals surface area contributed by atoms with Crippen molar-refractivity contribution in [3.63, 3.8) is 0 Å². The van der Waals surface area contributed by atoms with Gasteiger partial charge in [0.05, 0.1) is 27.2 Å². The van der Waals surface area contributed by atoms with E-state index < -0.39 is 17.5 Å². The average molecular weight is 292 g/mol. The van der Waals surface area contributed by atoms with Gasteiger partial charge < -0.3 is 18.6 Å². The summed E-state index contributed by atoms with van der Waals surface area (Å²) in [4.78, 5) is 23.5. The fourth-order valence-corrected chi connectivity index (χ4v) is 2.22. The molecule has 6 nitrogen and oxygen atoms in total. The first-order valence-electron chi connectivity index (χ1n) is 6.30. The van der Waals surface area contributed by atoms with E-state index in [0.717, 1.165) is 0 Å². The predicted octanol–water partition coefficient (Wildman–Crippen LogP) is 2.09. The second-order valence-electron chi connectivity index (χ2n) is 4.44. The van der Waals surface area contributed by atoms with Gasteiger partial charge in [0.1, 0.15) is 0 Å². The van der Waals surface area contributed by atoms with Gasteiger partial charge in [-0.2, -0.15) is 0 Å². The van der Waals surface area contributed by atoms with Crippen molar-refractivity contribution in [3.05, 3.63) is 34.2 Å². The number of benzene rings is 1.